The molecule has 13 heavy (non-hydrogen) atoms. The van der Waals surface area contributed by atoms with Crippen molar-refractivity contribution in [3.8, 4) is 0 Å². The number of rotatable bonds is 3. The maximum atomic E-state index is 8.67. The monoisotopic (exact) mass is 186 g/mol. The normalized spacial score (nSPS) is 28.2. The van der Waals surface area contributed by atoms with Crippen molar-refractivity contribution < 1.29 is 10.3 Å². The highest BCUT2D eigenvalue weighted by molar-refractivity contribution is 5.86. The van der Waals surface area contributed by atoms with E-state index in [0.29, 0.717) is 5.92 Å². The molecule has 4 heteroatoms. The van der Waals surface area contributed by atoms with E-state index in [1.807, 2.05) is 0 Å². The van der Waals surface area contributed by atoms with Gasteiger partial charge in [-0.05, 0) is 6.42 Å². The van der Waals surface area contributed by atoms with Crippen LogP contribution in [0.15, 0.2) is 5.16 Å². The first-order valence-electron chi connectivity index (χ1n) is 4.82. The smallest absolute Gasteiger partial charge is 0.0624 e. The highest BCUT2D eigenvalue weighted by atomic mass is 16.4. The molecule has 0 radical (unpaired) electrons. The number of hydrogen-bond acceptors (Lipinski definition) is 4. The first-order valence-corrected chi connectivity index (χ1v) is 4.82. The van der Waals surface area contributed by atoms with E-state index in [-0.39, 0.29) is 6.61 Å². The highest BCUT2D eigenvalue weighted by Gasteiger charge is 2.21. The third-order valence-corrected chi connectivity index (χ3v) is 2.55. The van der Waals surface area contributed by atoms with Crippen molar-refractivity contribution in [3.05, 3.63) is 0 Å². The van der Waals surface area contributed by atoms with Crippen molar-refractivity contribution in [3.63, 3.8) is 0 Å². The molecule has 0 amide bonds. The number of likely N-dealkylation sites (tertiary alicyclic amines) is 1. The van der Waals surface area contributed by atoms with Gasteiger partial charge in [-0.2, -0.15) is 0 Å². The average molecular weight is 186 g/mol. The van der Waals surface area contributed by atoms with E-state index in [2.05, 4.69) is 17.0 Å². The Balaban J connectivity index is 2.32. The van der Waals surface area contributed by atoms with Crippen LogP contribution in [0.3, 0.4) is 0 Å². The molecule has 1 aliphatic rings. The van der Waals surface area contributed by atoms with Crippen LogP contribution in [0.5, 0.6) is 0 Å². The molecule has 0 spiro atoms. The summed E-state index contributed by atoms with van der Waals surface area (Å²) in [6.45, 7) is 5.16. The van der Waals surface area contributed by atoms with Crippen molar-refractivity contribution in [2.45, 2.75) is 19.8 Å². The summed E-state index contributed by atoms with van der Waals surface area (Å²) in [5.74, 6) is 0.345. The van der Waals surface area contributed by atoms with Gasteiger partial charge in [-0.25, -0.2) is 0 Å². The molecule has 0 saturated carbocycles. The Morgan fingerprint density at radius 3 is 2.92 bits per heavy atom. The minimum atomic E-state index is 0.256. The van der Waals surface area contributed by atoms with Crippen LogP contribution in [-0.2, 0) is 0 Å². The first kappa shape index (κ1) is 10.5. The number of aliphatic hydroxyl groups excluding tert-OH is 1. The van der Waals surface area contributed by atoms with Gasteiger partial charge in [0.2, 0.25) is 0 Å². The third kappa shape index (κ3) is 2.97. The lowest BCUT2D eigenvalue weighted by Crippen LogP contribution is -2.40. The van der Waals surface area contributed by atoms with E-state index in [9.17, 15) is 0 Å². The van der Waals surface area contributed by atoms with E-state index in [1.54, 1.807) is 0 Å². The van der Waals surface area contributed by atoms with E-state index < -0.39 is 0 Å². The molecular formula is C9H18N2O2. The quantitative estimate of drug-likeness (QED) is 0.499. The largest absolute Gasteiger partial charge is 0.411 e. The second-order valence-corrected chi connectivity index (χ2v) is 3.62. The molecule has 0 aromatic carbocycles. The number of nitrogens with zero attached hydrogens (tertiary/aromatic N) is 2. The van der Waals surface area contributed by atoms with Crippen LogP contribution in [0.25, 0.3) is 0 Å². The Morgan fingerprint density at radius 2 is 2.38 bits per heavy atom. The van der Waals surface area contributed by atoms with E-state index in [0.717, 1.165) is 38.2 Å². The van der Waals surface area contributed by atoms with Crippen molar-refractivity contribution in [2.75, 3.05) is 26.2 Å². The number of aliphatic hydroxyl groups is 1. The Morgan fingerprint density at radius 1 is 1.62 bits per heavy atom. The van der Waals surface area contributed by atoms with Gasteiger partial charge < -0.3 is 15.2 Å². The van der Waals surface area contributed by atoms with Crippen LogP contribution < -0.4 is 0 Å². The summed E-state index contributed by atoms with van der Waals surface area (Å²) in [7, 11) is 0. The van der Waals surface area contributed by atoms with Crippen LogP contribution >= 0.6 is 0 Å². The minimum absolute atomic E-state index is 0.256. The van der Waals surface area contributed by atoms with E-state index in [1.165, 1.54) is 0 Å². The predicted octanol–water partition coefficient (Wildman–Crippen LogP) is 0.541. The average Bonchev–Trinajstić information content (AvgIpc) is 2.15. The summed E-state index contributed by atoms with van der Waals surface area (Å²) in [6, 6.07) is 0. The second kappa shape index (κ2) is 5.19. The van der Waals surface area contributed by atoms with Gasteiger partial charge in [0.25, 0.3) is 0 Å². The molecule has 1 atom stereocenters. The zero-order chi connectivity index (χ0) is 9.68. The fourth-order valence-corrected chi connectivity index (χ4v) is 1.75. The van der Waals surface area contributed by atoms with Gasteiger partial charge in [-0.15, -0.1) is 0 Å². The fourth-order valence-electron chi connectivity index (χ4n) is 1.75. The zero-order valence-corrected chi connectivity index (χ0v) is 8.11. The van der Waals surface area contributed by atoms with Gasteiger partial charge in [0.05, 0.1) is 5.71 Å². The summed E-state index contributed by atoms with van der Waals surface area (Å²) >= 11 is 0. The molecule has 0 bridgehead atoms. The van der Waals surface area contributed by atoms with Crippen molar-refractivity contribution >= 4 is 5.71 Å². The van der Waals surface area contributed by atoms with Crippen LogP contribution in [0.1, 0.15) is 19.8 Å². The van der Waals surface area contributed by atoms with Gasteiger partial charge >= 0.3 is 0 Å². The van der Waals surface area contributed by atoms with Gasteiger partial charge in [-0.1, -0.05) is 12.1 Å². The van der Waals surface area contributed by atoms with Crippen molar-refractivity contribution in [1.82, 2.24) is 4.90 Å². The highest BCUT2D eigenvalue weighted by Crippen LogP contribution is 2.13. The lowest BCUT2D eigenvalue weighted by atomic mass is 9.97. The van der Waals surface area contributed by atoms with Gasteiger partial charge in [0, 0.05) is 38.6 Å². The molecule has 1 rings (SSSR count). The molecule has 1 unspecified atom stereocenters. The molecule has 1 aliphatic heterocycles. The van der Waals surface area contributed by atoms with Gasteiger partial charge in [0.15, 0.2) is 0 Å². The van der Waals surface area contributed by atoms with Gasteiger partial charge in [0.1, 0.15) is 0 Å². The van der Waals surface area contributed by atoms with Crippen LogP contribution in [0.4, 0.5) is 0 Å². The lowest BCUT2D eigenvalue weighted by molar-refractivity contribution is 0.204. The summed E-state index contributed by atoms with van der Waals surface area (Å²) < 4.78 is 0. The molecule has 0 aliphatic carbocycles. The Labute approximate surface area is 78.9 Å². The first-order chi connectivity index (χ1) is 6.27. The molecule has 1 heterocycles. The van der Waals surface area contributed by atoms with Crippen molar-refractivity contribution in [2.24, 2.45) is 11.1 Å². The fraction of sp³-hybridized carbons (Fsp3) is 0.889. The standard InChI is InChI=1S/C9H18N2O2/c1-8-7-11(4-2-6-12)5-3-9(8)10-13/h8,12-13H,2-7H2,1H3. The Bertz CT molecular complexity index is 182. The van der Waals surface area contributed by atoms with E-state index in [4.69, 9.17) is 10.3 Å². The van der Waals surface area contributed by atoms with Crippen LogP contribution in [0, 0.1) is 5.92 Å². The number of piperidine rings is 1. The molecular weight excluding hydrogens is 168 g/mol. The molecule has 0 aromatic rings. The number of oxime groups is 1. The predicted molar refractivity (Wildman–Crippen MR) is 51.1 cm³/mol. The third-order valence-electron chi connectivity index (χ3n) is 2.55. The number of hydrogen-bond donors (Lipinski definition) is 2. The molecule has 1 saturated heterocycles. The summed E-state index contributed by atoms with van der Waals surface area (Å²) in [6.07, 6.45) is 1.68. The SMILES string of the molecule is CC1CN(CCCO)CCC1=NO. The molecule has 2 N–H and O–H groups in total. The molecule has 1 fully saturated rings. The van der Waals surface area contributed by atoms with Crippen molar-refractivity contribution in [1.29, 1.82) is 0 Å². The second-order valence-electron chi connectivity index (χ2n) is 3.62. The lowest BCUT2D eigenvalue weighted by Gasteiger charge is -2.31. The maximum absolute atomic E-state index is 8.67. The Hall–Kier alpha value is -0.610. The van der Waals surface area contributed by atoms with Gasteiger partial charge in [-0.3, -0.25) is 0 Å². The van der Waals surface area contributed by atoms with Crippen LogP contribution in [0.2, 0.25) is 0 Å². The van der Waals surface area contributed by atoms with Crippen LogP contribution in [-0.4, -0.2) is 47.2 Å². The molecule has 4 nitrogen and oxygen atoms in total. The maximum Gasteiger partial charge on any atom is 0.0624 e. The summed E-state index contributed by atoms with van der Waals surface area (Å²) in [5.41, 5.74) is 0.903. The zero-order valence-electron chi connectivity index (χ0n) is 8.11. The van der Waals surface area contributed by atoms with E-state index >= 15 is 0 Å². The molecule has 76 valence electrons. The summed E-state index contributed by atoms with van der Waals surface area (Å²) in [5, 5.41) is 20.6. The topological polar surface area (TPSA) is 56.1 Å². The minimum Gasteiger partial charge on any atom is -0.411 e. The summed E-state index contributed by atoms with van der Waals surface area (Å²) in [4.78, 5) is 2.30. The molecule has 0 aromatic heterocycles. The Kier molecular flexibility index (Phi) is 4.18.